The lowest BCUT2D eigenvalue weighted by molar-refractivity contribution is -0.384. The first-order chi connectivity index (χ1) is 12.2. The van der Waals surface area contributed by atoms with Crippen molar-refractivity contribution in [3.05, 3.63) is 94.0 Å². The number of hydrogen-bond acceptors (Lipinski definition) is 4. The highest BCUT2D eigenvalue weighted by atomic mass is 16.6. The Morgan fingerprint density at radius 2 is 1.72 bits per heavy atom. The number of benzene rings is 3. The molecule has 0 amide bonds. The Hall–Kier alpha value is -3.65. The van der Waals surface area contributed by atoms with Gasteiger partial charge in [-0.1, -0.05) is 42.5 Å². The minimum Gasteiger partial charge on any atom is -0.375 e. The molecule has 0 heterocycles. The quantitative estimate of drug-likeness (QED) is 0.541. The summed E-state index contributed by atoms with van der Waals surface area (Å²) in [6.07, 6.45) is 0. The number of anilines is 1. The predicted molar refractivity (Wildman–Crippen MR) is 97.0 cm³/mol. The first kappa shape index (κ1) is 16.2. The largest absolute Gasteiger partial charge is 0.375 e. The van der Waals surface area contributed by atoms with Gasteiger partial charge < -0.3 is 5.32 Å². The highest BCUT2D eigenvalue weighted by Gasteiger charge is 2.14. The molecule has 0 aliphatic rings. The van der Waals surface area contributed by atoms with E-state index in [1.807, 2.05) is 36.4 Å². The molecule has 0 saturated heterocycles. The normalized spacial score (nSPS) is 10.0. The minimum atomic E-state index is -0.400. The van der Waals surface area contributed by atoms with Crippen LogP contribution in [0, 0.1) is 21.4 Å². The van der Waals surface area contributed by atoms with Crippen LogP contribution in [0.3, 0.4) is 0 Å². The van der Waals surface area contributed by atoms with E-state index < -0.39 is 4.92 Å². The summed E-state index contributed by atoms with van der Waals surface area (Å²) in [6, 6.07) is 23.9. The van der Waals surface area contributed by atoms with Crippen LogP contribution in [0.25, 0.3) is 11.1 Å². The lowest BCUT2D eigenvalue weighted by Crippen LogP contribution is -2.02. The number of nitro benzene ring substituents is 1. The summed E-state index contributed by atoms with van der Waals surface area (Å²) in [5, 5.41) is 23.5. The van der Waals surface area contributed by atoms with Gasteiger partial charge in [-0.3, -0.25) is 10.1 Å². The Labute approximate surface area is 145 Å². The van der Waals surface area contributed by atoms with Gasteiger partial charge in [-0.15, -0.1) is 0 Å². The van der Waals surface area contributed by atoms with Crippen LogP contribution in [0.4, 0.5) is 11.4 Å². The summed E-state index contributed by atoms with van der Waals surface area (Å²) in [6.45, 7) is 0.489. The average molecular weight is 329 g/mol. The maximum Gasteiger partial charge on any atom is 0.292 e. The van der Waals surface area contributed by atoms with Crippen LogP contribution in [0.5, 0.6) is 0 Å². The van der Waals surface area contributed by atoms with Crippen LogP contribution in [-0.4, -0.2) is 4.92 Å². The summed E-state index contributed by atoms with van der Waals surface area (Å²) >= 11 is 0. The second kappa shape index (κ2) is 7.28. The van der Waals surface area contributed by atoms with E-state index in [1.165, 1.54) is 6.07 Å². The summed E-state index contributed by atoms with van der Waals surface area (Å²) in [5.74, 6) is 0. The number of nitrogens with zero attached hydrogens (tertiary/aromatic N) is 2. The first-order valence-electron chi connectivity index (χ1n) is 7.74. The van der Waals surface area contributed by atoms with Crippen molar-refractivity contribution in [2.75, 3.05) is 5.32 Å². The molecule has 25 heavy (non-hydrogen) atoms. The Bertz CT molecular complexity index is 947. The Kier molecular flexibility index (Phi) is 4.72. The molecule has 0 aliphatic carbocycles. The fourth-order valence-corrected chi connectivity index (χ4v) is 2.58. The third-order valence-corrected chi connectivity index (χ3v) is 3.84. The molecule has 0 saturated carbocycles. The molecule has 0 bridgehead atoms. The van der Waals surface area contributed by atoms with Crippen LogP contribution in [-0.2, 0) is 6.54 Å². The number of nitriles is 1. The molecule has 0 radical (unpaired) electrons. The molecule has 0 aliphatic heterocycles. The number of nitrogens with one attached hydrogen (secondary N) is 1. The zero-order chi connectivity index (χ0) is 17.6. The second-order valence-corrected chi connectivity index (χ2v) is 5.52. The van der Waals surface area contributed by atoms with Gasteiger partial charge in [0.1, 0.15) is 5.69 Å². The Morgan fingerprint density at radius 3 is 2.44 bits per heavy atom. The van der Waals surface area contributed by atoms with Gasteiger partial charge in [-0.25, -0.2) is 0 Å². The second-order valence-electron chi connectivity index (χ2n) is 5.52. The number of rotatable bonds is 5. The fourth-order valence-electron chi connectivity index (χ4n) is 2.58. The molecule has 3 aromatic carbocycles. The average Bonchev–Trinajstić information content (AvgIpc) is 2.67. The van der Waals surface area contributed by atoms with E-state index in [1.54, 1.807) is 30.3 Å². The van der Waals surface area contributed by atoms with E-state index in [2.05, 4.69) is 11.4 Å². The van der Waals surface area contributed by atoms with E-state index in [4.69, 9.17) is 5.26 Å². The topological polar surface area (TPSA) is 79.0 Å². The van der Waals surface area contributed by atoms with Crippen LogP contribution in [0.1, 0.15) is 11.1 Å². The molecule has 0 aromatic heterocycles. The zero-order valence-electron chi connectivity index (χ0n) is 13.3. The van der Waals surface area contributed by atoms with E-state index in [-0.39, 0.29) is 5.69 Å². The van der Waals surface area contributed by atoms with E-state index in [0.717, 1.165) is 16.7 Å². The number of nitro groups is 1. The van der Waals surface area contributed by atoms with Crippen molar-refractivity contribution in [1.82, 2.24) is 0 Å². The summed E-state index contributed by atoms with van der Waals surface area (Å²) in [5.41, 5.74) is 3.73. The van der Waals surface area contributed by atoms with E-state index >= 15 is 0 Å². The monoisotopic (exact) mass is 329 g/mol. The van der Waals surface area contributed by atoms with Gasteiger partial charge in [0, 0.05) is 12.6 Å². The van der Waals surface area contributed by atoms with Crippen molar-refractivity contribution < 1.29 is 4.92 Å². The summed E-state index contributed by atoms with van der Waals surface area (Å²) in [7, 11) is 0. The van der Waals surface area contributed by atoms with Gasteiger partial charge in [-0.05, 0) is 41.0 Å². The molecule has 0 atom stereocenters. The van der Waals surface area contributed by atoms with Crippen molar-refractivity contribution in [3.63, 3.8) is 0 Å². The highest BCUT2D eigenvalue weighted by Crippen LogP contribution is 2.31. The lowest BCUT2D eigenvalue weighted by atomic mass is 10.0. The Morgan fingerprint density at radius 1 is 0.960 bits per heavy atom. The lowest BCUT2D eigenvalue weighted by Gasteiger charge is -2.10. The summed E-state index contributed by atoms with van der Waals surface area (Å²) in [4.78, 5) is 10.9. The van der Waals surface area contributed by atoms with Crippen LogP contribution >= 0.6 is 0 Å². The molecule has 1 N–H and O–H groups in total. The summed E-state index contributed by atoms with van der Waals surface area (Å²) < 4.78 is 0. The highest BCUT2D eigenvalue weighted by molar-refractivity contribution is 5.74. The Balaban J connectivity index is 1.94. The van der Waals surface area contributed by atoms with Gasteiger partial charge in [0.15, 0.2) is 0 Å². The van der Waals surface area contributed by atoms with Gasteiger partial charge in [0.25, 0.3) is 5.69 Å². The molecule has 0 fully saturated rings. The van der Waals surface area contributed by atoms with Crippen molar-refractivity contribution in [1.29, 1.82) is 5.26 Å². The number of hydrogen-bond donors (Lipinski definition) is 1. The van der Waals surface area contributed by atoms with Gasteiger partial charge >= 0.3 is 0 Å². The van der Waals surface area contributed by atoms with Crippen molar-refractivity contribution in [2.45, 2.75) is 6.54 Å². The van der Waals surface area contributed by atoms with Crippen molar-refractivity contribution in [2.24, 2.45) is 0 Å². The zero-order valence-corrected chi connectivity index (χ0v) is 13.3. The molecule has 3 rings (SSSR count). The molecule has 0 spiro atoms. The molecular weight excluding hydrogens is 314 g/mol. The first-order valence-corrected chi connectivity index (χ1v) is 7.74. The van der Waals surface area contributed by atoms with Crippen LogP contribution < -0.4 is 5.32 Å². The molecule has 0 unspecified atom stereocenters. The van der Waals surface area contributed by atoms with Gasteiger partial charge in [-0.2, -0.15) is 5.26 Å². The molecule has 5 heteroatoms. The molecule has 3 aromatic rings. The maximum atomic E-state index is 11.3. The van der Waals surface area contributed by atoms with Crippen LogP contribution in [0.2, 0.25) is 0 Å². The van der Waals surface area contributed by atoms with Crippen molar-refractivity contribution >= 4 is 11.4 Å². The SMILES string of the molecule is N#Cc1cccc(-c2ccc([N+](=O)[O-])c(NCc3ccccc3)c2)c1. The van der Waals surface area contributed by atoms with Gasteiger partial charge in [0.2, 0.25) is 0 Å². The minimum absolute atomic E-state index is 0.0242. The molecule has 122 valence electrons. The van der Waals surface area contributed by atoms with E-state index in [0.29, 0.717) is 17.8 Å². The smallest absolute Gasteiger partial charge is 0.292 e. The standard InChI is InChI=1S/C20H15N3O2/c21-13-16-7-4-8-17(11-16)18-9-10-20(23(24)25)19(12-18)22-14-15-5-2-1-3-6-15/h1-12,22H,14H2. The predicted octanol–water partition coefficient (Wildman–Crippen LogP) is 4.75. The maximum absolute atomic E-state index is 11.3. The fraction of sp³-hybridized carbons (Fsp3) is 0.0500. The third kappa shape index (κ3) is 3.82. The molecular formula is C20H15N3O2. The molecule has 5 nitrogen and oxygen atoms in total. The third-order valence-electron chi connectivity index (χ3n) is 3.84. The van der Waals surface area contributed by atoms with Crippen molar-refractivity contribution in [3.8, 4) is 17.2 Å². The van der Waals surface area contributed by atoms with Gasteiger partial charge in [0.05, 0.1) is 16.6 Å². The van der Waals surface area contributed by atoms with E-state index in [9.17, 15) is 10.1 Å². The van der Waals surface area contributed by atoms with Crippen LogP contribution in [0.15, 0.2) is 72.8 Å².